The largest absolute Gasteiger partial charge is 0.405 e. The van der Waals surface area contributed by atoms with Crippen molar-refractivity contribution in [2.24, 2.45) is 0 Å². The van der Waals surface area contributed by atoms with E-state index in [1.807, 2.05) is 26.8 Å². The van der Waals surface area contributed by atoms with E-state index in [4.69, 9.17) is 0 Å². The van der Waals surface area contributed by atoms with Crippen molar-refractivity contribution < 1.29 is 13.2 Å². The second kappa shape index (κ2) is 7.11. The van der Waals surface area contributed by atoms with Gasteiger partial charge in [0.05, 0.1) is 0 Å². The lowest BCUT2D eigenvalue weighted by Crippen LogP contribution is -2.39. The van der Waals surface area contributed by atoms with E-state index in [-0.39, 0.29) is 6.04 Å². The summed E-state index contributed by atoms with van der Waals surface area (Å²) in [5.74, 6) is 0.369. The van der Waals surface area contributed by atoms with Crippen molar-refractivity contribution in [1.82, 2.24) is 10.3 Å². The zero-order valence-electron chi connectivity index (χ0n) is 13.3. The summed E-state index contributed by atoms with van der Waals surface area (Å²) in [6, 6.07) is 3.59. The van der Waals surface area contributed by atoms with Crippen LogP contribution in [0.4, 0.5) is 19.0 Å². The van der Waals surface area contributed by atoms with Crippen LogP contribution in [0.5, 0.6) is 0 Å². The van der Waals surface area contributed by atoms with Gasteiger partial charge in [0.25, 0.3) is 0 Å². The van der Waals surface area contributed by atoms with Crippen molar-refractivity contribution in [3.8, 4) is 0 Å². The SMILES string of the molecule is Cc1nc(N(CC(F)(F)F)C(C)C)ccc1CNC(C)C. The van der Waals surface area contributed by atoms with Crippen LogP contribution in [0, 0.1) is 6.92 Å². The van der Waals surface area contributed by atoms with Crippen LogP contribution in [0.1, 0.15) is 39.0 Å². The van der Waals surface area contributed by atoms with E-state index in [2.05, 4.69) is 10.3 Å². The maximum Gasteiger partial charge on any atom is 0.405 e. The molecule has 0 saturated carbocycles. The maximum atomic E-state index is 12.7. The number of anilines is 1. The molecule has 0 radical (unpaired) electrons. The highest BCUT2D eigenvalue weighted by Gasteiger charge is 2.32. The quantitative estimate of drug-likeness (QED) is 0.869. The van der Waals surface area contributed by atoms with E-state index in [1.54, 1.807) is 19.9 Å². The minimum atomic E-state index is -4.24. The van der Waals surface area contributed by atoms with E-state index in [0.29, 0.717) is 18.4 Å². The number of aryl methyl sites for hydroxylation is 1. The van der Waals surface area contributed by atoms with Gasteiger partial charge in [-0.05, 0) is 32.4 Å². The molecule has 0 aliphatic heterocycles. The average Bonchev–Trinajstić information content (AvgIpc) is 2.33. The molecule has 0 amide bonds. The molecule has 1 N–H and O–H groups in total. The third-order valence-electron chi connectivity index (χ3n) is 3.15. The molecule has 0 aliphatic rings. The van der Waals surface area contributed by atoms with Crippen LogP contribution >= 0.6 is 0 Å². The van der Waals surface area contributed by atoms with Gasteiger partial charge >= 0.3 is 6.18 Å². The van der Waals surface area contributed by atoms with Crippen LogP contribution in [-0.4, -0.2) is 29.8 Å². The molecular weight excluding hydrogens is 279 g/mol. The Hall–Kier alpha value is -1.30. The van der Waals surface area contributed by atoms with Gasteiger partial charge in [-0.25, -0.2) is 4.98 Å². The third kappa shape index (κ3) is 5.91. The molecular formula is C15H24F3N3. The fourth-order valence-electron chi connectivity index (χ4n) is 1.96. The van der Waals surface area contributed by atoms with E-state index in [9.17, 15) is 13.2 Å². The molecule has 0 unspecified atom stereocenters. The lowest BCUT2D eigenvalue weighted by Gasteiger charge is -2.29. The number of rotatable bonds is 6. The summed E-state index contributed by atoms with van der Waals surface area (Å²) in [6.45, 7) is 9.06. The van der Waals surface area contributed by atoms with Crippen LogP contribution in [0.15, 0.2) is 12.1 Å². The highest BCUT2D eigenvalue weighted by Crippen LogP contribution is 2.23. The van der Waals surface area contributed by atoms with Crippen LogP contribution < -0.4 is 10.2 Å². The van der Waals surface area contributed by atoms with Gasteiger partial charge in [0.1, 0.15) is 12.4 Å². The Morgan fingerprint density at radius 2 is 1.81 bits per heavy atom. The molecule has 0 atom stereocenters. The summed E-state index contributed by atoms with van der Waals surface area (Å²) in [5, 5.41) is 3.28. The number of pyridine rings is 1. The van der Waals surface area contributed by atoms with Crippen molar-refractivity contribution in [3.05, 3.63) is 23.4 Å². The van der Waals surface area contributed by atoms with Crippen LogP contribution in [0.25, 0.3) is 0 Å². The highest BCUT2D eigenvalue weighted by atomic mass is 19.4. The first-order chi connectivity index (χ1) is 9.60. The van der Waals surface area contributed by atoms with Gasteiger partial charge in [0, 0.05) is 24.3 Å². The molecule has 0 aliphatic carbocycles. The molecule has 120 valence electrons. The molecule has 1 heterocycles. The number of alkyl halides is 3. The summed E-state index contributed by atoms with van der Waals surface area (Å²) in [4.78, 5) is 5.61. The first-order valence-electron chi connectivity index (χ1n) is 7.13. The summed E-state index contributed by atoms with van der Waals surface area (Å²) < 4.78 is 38.0. The summed E-state index contributed by atoms with van der Waals surface area (Å²) in [7, 11) is 0. The van der Waals surface area contributed by atoms with Crippen molar-refractivity contribution in [3.63, 3.8) is 0 Å². The van der Waals surface area contributed by atoms with Crippen molar-refractivity contribution in [2.75, 3.05) is 11.4 Å². The number of hydrogen-bond acceptors (Lipinski definition) is 3. The molecule has 1 rings (SSSR count). The molecule has 0 saturated heterocycles. The topological polar surface area (TPSA) is 28.2 Å². The van der Waals surface area contributed by atoms with Crippen LogP contribution in [0.2, 0.25) is 0 Å². The standard InChI is InChI=1S/C15H24F3N3/c1-10(2)19-8-13-6-7-14(20-12(13)5)21(11(3)4)9-15(16,17)18/h6-7,10-11,19H,8-9H2,1-5H3. The predicted octanol–water partition coefficient (Wildman–Crippen LogP) is 3.67. The number of aromatic nitrogens is 1. The Labute approximate surface area is 124 Å². The Morgan fingerprint density at radius 1 is 1.19 bits per heavy atom. The molecule has 1 aromatic rings. The normalized spacial score (nSPS) is 12.3. The molecule has 21 heavy (non-hydrogen) atoms. The summed E-state index contributed by atoms with van der Waals surface area (Å²) >= 11 is 0. The summed E-state index contributed by atoms with van der Waals surface area (Å²) in [6.07, 6.45) is -4.24. The molecule has 0 aromatic carbocycles. The smallest absolute Gasteiger partial charge is 0.345 e. The lowest BCUT2D eigenvalue weighted by molar-refractivity contribution is -0.120. The number of hydrogen-bond donors (Lipinski definition) is 1. The Kier molecular flexibility index (Phi) is 6.01. The van der Waals surface area contributed by atoms with E-state index >= 15 is 0 Å². The van der Waals surface area contributed by atoms with Gasteiger partial charge in [-0.3, -0.25) is 0 Å². The number of nitrogens with one attached hydrogen (secondary N) is 1. The molecule has 6 heteroatoms. The fourth-order valence-corrected chi connectivity index (χ4v) is 1.96. The Balaban J connectivity index is 2.93. The number of halogens is 3. The first kappa shape index (κ1) is 17.8. The van der Waals surface area contributed by atoms with Crippen molar-refractivity contribution in [1.29, 1.82) is 0 Å². The maximum absolute atomic E-state index is 12.7. The zero-order chi connectivity index (χ0) is 16.2. The minimum absolute atomic E-state index is 0.266. The lowest BCUT2D eigenvalue weighted by atomic mass is 10.2. The zero-order valence-corrected chi connectivity index (χ0v) is 13.3. The second-order valence-electron chi connectivity index (χ2n) is 5.79. The van der Waals surface area contributed by atoms with E-state index in [1.165, 1.54) is 4.90 Å². The molecule has 0 spiro atoms. The van der Waals surface area contributed by atoms with Gasteiger partial charge in [-0.15, -0.1) is 0 Å². The predicted molar refractivity (Wildman–Crippen MR) is 79.5 cm³/mol. The van der Waals surface area contributed by atoms with Gasteiger partial charge in [-0.2, -0.15) is 13.2 Å². The van der Waals surface area contributed by atoms with Gasteiger partial charge in [-0.1, -0.05) is 19.9 Å². The Bertz CT molecular complexity index is 456. The second-order valence-corrected chi connectivity index (χ2v) is 5.79. The Morgan fingerprint density at radius 3 is 2.24 bits per heavy atom. The molecule has 0 fully saturated rings. The molecule has 3 nitrogen and oxygen atoms in total. The first-order valence-corrected chi connectivity index (χ1v) is 7.13. The molecule has 1 aromatic heterocycles. The monoisotopic (exact) mass is 303 g/mol. The van der Waals surface area contributed by atoms with Gasteiger partial charge < -0.3 is 10.2 Å². The van der Waals surface area contributed by atoms with Crippen LogP contribution in [0.3, 0.4) is 0 Å². The number of nitrogens with zero attached hydrogens (tertiary/aromatic N) is 2. The van der Waals surface area contributed by atoms with Gasteiger partial charge in [0.2, 0.25) is 0 Å². The fraction of sp³-hybridized carbons (Fsp3) is 0.667. The highest BCUT2D eigenvalue weighted by molar-refractivity contribution is 5.42. The minimum Gasteiger partial charge on any atom is -0.345 e. The van der Waals surface area contributed by atoms with Crippen LogP contribution in [-0.2, 0) is 6.54 Å². The van der Waals surface area contributed by atoms with Crippen molar-refractivity contribution >= 4 is 5.82 Å². The van der Waals surface area contributed by atoms with Gasteiger partial charge in [0.15, 0.2) is 0 Å². The van der Waals surface area contributed by atoms with E-state index < -0.39 is 12.7 Å². The van der Waals surface area contributed by atoms with Crippen molar-refractivity contribution in [2.45, 2.75) is 59.4 Å². The average molecular weight is 303 g/mol. The van der Waals surface area contributed by atoms with E-state index in [0.717, 1.165) is 11.3 Å². The summed E-state index contributed by atoms with van der Waals surface area (Å²) in [5.41, 5.74) is 1.76. The molecule has 0 bridgehead atoms. The third-order valence-corrected chi connectivity index (χ3v) is 3.15.